The van der Waals surface area contributed by atoms with Gasteiger partial charge in [0.15, 0.2) is 0 Å². The molecule has 0 atom stereocenters. The first kappa shape index (κ1) is 18.3. The average molecular weight is 399 g/mol. The molecule has 1 fully saturated rings. The van der Waals surface area contributed by atoms with E-state index < -0.39 is 0 Å². The van der Waals surface area contributed by atoms with Gasteiger partial charge in [-0.3, -0.25) is 14.6 Å². The molecule has 30 heavy (non-hydrogen) atoms. The van der Waals surface area contributed by atoms with Crippen molar-refractivity contribution in [2.24, 2.45) is 5.92 Å². The fourth-order valence-electron chi connectivity index (χ4n) is 3.93. The van der Waals surface area contributed by atoms with Crippen LogP contribution in [0.2, 0.25) is 0 Å². The fraction of sp³-hybridized carbons (Fsp3) is 0.217. The molecule has 0 radical (unpaired) electrons. The highest BCUT2D eigenvalue weighted by Gasteiger charge is 2.31. The monoisotopic (exact) mass is 399 g/mol. The van der Waals surface area contributed by atoms with Crippen LogP contribution in [0.1, 0.15) is 5.56 Å². The molecule has 0 saturated carbocycles. The van der Waals surface area contributed by atoms with E-state index in [1.807, 2.05) is 47.5 Å². The highest BCUT2D eigenvalue weighted by molar-refractivity contribution is 5.89. The first-order valence-electron chi connectivity index (χ1n) is 9.99. The zero-order valence-corrected chi connectivity index (χ0v) is 16.4. The molecule has 0 spiro atoms. The van der Waals surface area contributed by atoms with E-state index >= 15 is 0 Å². The minimum absolute atomic E-state index is 0.111. The number of nitrogens with one attached hydrogen (secondary N) is 1. The van der Waals surface area contributed by atoms with E-state index in [-0.39, 0.29) is 17.4 Å². The number of H-pyrrole nitrogens is 1. The SMILES string of the molecule is O=C(Cc1c[nH]c2ccccc12)N1CC(Cn2nc(-c3cccnc3)ccc2=O)C1. The number of pyridine rings is 1. The summed E-state index contributed by atoms with van der Waals surface area (Å²) in [5.74, 6) is 0.340. The molecular formula is C23H21N5O2. The number of aromatic nitrogens is 4. The number of carbonyl (C=O) groups excluding carboxylic acids is 1. The normalized spacial score (nSPS) is 14.1. The minimum Gasteiger partial charge on any atom is -0.361 e. The molecule has 1 amide bonds. The summed E-state index contributed by atoms with van der Waals surface area (Å²) in [5.41, 5.74) is 3.51. The lowest BCUT2D eigenvalue weighted by Crippen LogP contribution is -2.52. The average Bonchev–Trinajstić information content (AvgIpc) is 3.15. The first-order chi connectivity index (χ1) is 14.7. The summed E-state index contributed by atoms with van der Waals surface area (Å²) in [5, 5.41) is 5.57. The van der Waals surface area contributed by atoms with Gasteiger partial charge in [0.05, 0.1) is 18.7 Å². The van der Waals surface area contributed by atoms with Crippen molar-refractivity contribution < 1.29 is 4.79 Å². The van der Waals surface area contributed by atoms with Crippen LogP contribution in [0.15, 0.2) is 71.9 Å². The highest BCUT2D eigenvalue weighted by atomic mass is 16.2. The maximum Gasteiger partial charge on any atom is 0.266 e. The fourth-order valence-corrected chi connectivity index (χ4v) is 3.93. The van der Waals surface area contributed by atoms with Crippen molar-refractivity contribution in [2.45, 2.75) is 13.0 Å². The maximum absolute atomic E-state index is 12.7. The lowest BCUT2D eigenvalue weighted by atomic mass is 9.98. The molecule has 0 unspecified atom stereocenters. The zero-order valence-electron chi connectivity index (χ0n) is 16.4. The number of aromatic amines is 1. The standard InChI is InChI=1S/C23H21N5O2/c29-22-8-7-20(17-4-3-9-24-11-17)26-28(22)15-16-13-27(14-16)23(30)10-18-12-25-21-6-2-1-5-19(18)21/h1-9,11-12,16,25H,10,13-15H2. The summed E-state index contributed by atoms with van der Waals surface area (Å²) in [6.07, 6.45) is 5.72. The van der Waals surface area contributed by atoms with E-state index in [9.17, 15) is 9.59 Å². The van der Waals surface area contributed by atoms with Crippen molar-refractivity contribution >= 4 is 16.8 Å². The van der Waals surface area contributed by atoms with E-state index in [4.69, 9.17) is 0 Å². The number of amides is 1. The molecule has 3 aromatic heterocycles. The molecule has 1 aliphatic heterocycles. The predicted molar refractivity (Wildman–Crippen MR) is 114 cm³/mol. The third kappa shape index (κ3) is 3.50. The molecular weight excluding hydrogens is 378 g/mol. The summed E-state index contributed by atoms with van der Waals surface area (Å²) >= 11 is 0. The van der Waals surface area contributed by atoms with E-state index in [0.717, 1.165) is 22.0 Å². The number of carbonyl (C=O) groups is 1. The summed E-state index contributed by atoms with van der Waals surface area (Å²) in [6, 6.07) is 15.0. The van der Waals surface area contributed by atoms with Crippen molar-refractivity contribution in [3.05, 3.63) is 83.0 Å². The Bertz CT molecular complexity index is 1260. The Morgan fingerprint density at radius 1 is 1.10 bits per heavy atom. The molecule has 150 valence electrons. The van der Waals surface area contributed by atoms with E-state index in [0.29, 0.717) is 31.7 Å². The maximum atomic E-state index is 12.7. The van der Waals surface area contributed by atoms with Gasteiger partial charge in [-0.1, -0.05) is 18.2 Å². The number of rotatable bonds is 5. The van der Waals surface area contributed by atoms with Gasteiger partial charge in [-0.15, -0.1) is 0 Å². The Hall–Kier alpha value is -3.74. The summed E-state index contributed by atoms with van der Waals surface area (Å²) in [6.45, 7) is 1.79. The van der Waals surface area contributed by atoms with Crippen LogP contribution in [0.3, 0.4) is 0 Å². The lowest BCUT2D eigenvalue weighted by molar-refractivity contribution is -0.137. The van der Waals surface area contributed by atoms with Crippen molar-refractivity contribution in [2.75, 3.05) is 13.1 Å². The second-order valence-electron chi connectivity index (χ2n) is 7.68. The molecule has 4 heterocycles. The van der Waals surface area contributed by atoms with E-state index in [1.165, 1.54) is 10.7 Å². The summed E-state index contributed by atoms with van der Waals surface area (Å²) in [7, 11) is 0. The molecule has 4 aromatic rings. The van der Waals surface area contributed by atoms with Gasteiger partial charge in [0.25, 0.3) is 5.56 Å². The van der Waals surface area contributed by atoms with Crippen LogP contribution < -0.4 is 5.56 Å². The number of hydrogen-bond donors (Lipinski definition) is 1. The van der Waals surface area contributed by atoms with Crippen LogP contribution in [-0.2, 0) is 17.8 Å². The van der Waals surface area contributed by atoms with Gasteiger partial charge < -0.3 is 9.88 Å². The number of para-hydroxylation sites is 1. The molecule has 0 aliphatic carbocycles. The number of hydrogen-bond acceptors (Lipinski definition) is 4. The minimum atomic E-state index is -0.133. The van der Waals surface area contributed by atoms with Gasteiger partial charge in [0.2, 0.25) is 5.91 Å². The molecule has 5 rings (SSSR count). The molecule has 7 nitrogen and oxygen atoms in total. The molecule has 1 aromatic carbocycles. The Kier molecular flexibility index (Phi) is 4.63. The Labute approximate surface area is 173 Å². The van der Waals surface area contributed by atoms with Crippen molar-refractivity contribution in [3.63, 3.8) is 0 Å². The summed E-state index contributed by atoms with van der Waals surface area (Å²) in [4.78, 5) is 34.1. The van der Waals surface area contributed by atoms with Crippen LogP contribution in [0.4, 0.5) is 0 Å². The van der Waals surface area contributed by atoms with E-state index in [2.05, 4.69) is 15.1 Å². The van der Waals surface area contributed by atoms with Gasteiger partial charge in [0, 0.05) is 60.1 Å². The number of likely N-dealkylation sites (tertiary alicyclic amines) is 1. The molecule has 1 saturated heterocycles. The third-order valence-electron chi connectivity index (χ3n) is 5.58. The number of fused-ring (bicyclic) bond motifs is 1. The Balaban J connectivity index is 1.22. The predicted octanol–water partition coefficient (Wildman–Crippen LogP) is 2.49. The third-order valence-corrected chi connectivity index (χ3v) is 5.58. The quantitative estimate of drug-likeness (QED) is 0.559. The first-order valence-corrected chi connectivity index (χ1v) is 9.99. The summed E-state index contributed by atoms with van der Waals surface area (Å²) < 4.78 is 1.49. The number of benzene rings is 1. The zero-order chi connectivity index (χ0) is 20.5. The smallest absolute Gasteiger partial charge is 0.266 e. The molecule has 1 N–H and O–H groups in total. The largest absolute Gasteiger partial charge is 0.361 e. The highest BCUT2D eigenvalue weighted by Crippen LogP contribution is 2.22. The van der Waals surface area contributed by atoms with Gasteiger partial charge >= 0.3 is 0 Å². The Morgan fingerprint density at radius 3 is 2.80 bits per heavy atom. The van der Waals surface area contributed by atoms with Crippen LogP contribution >= 0.6 is 0 Å². The molecule has 1 aliphatic rings. The van der Waals surface area contributed by atoms with Gasteiger partial charge in [0.1, 0.15) is 0 Å². The second-order valence-corrected chi connectivity index (χ2v) is 7.68. The van der Waals surface area contributed by atoms with Gasteiger partial charge in [-0.25, -0.2) is 4.68 Å². The van der Waals surface area contributed by atoms with Crippen molar-refractivity contribution in [1.29, 1.82) is 0 Å². The topological polar surface area (TPSA) is 83.9 Å². The Morgan fingerprint density at radius 2 is 1.97 bits per heavy atom. The van der Waals surface area contributed by atoms with Crippen LogP contribution in [-0.4, -0.2) is 43.6 Å². The van der Waals surface area contributed by atoms with E-state index in [1.54, 1.807) is 18.5 Å². The van der Waals surface area contributed by atoms with Crippen LogP contribution in [0, 0.1) is 5.92 Å². The second kappa shape index (κ2) is 7.59. The van der Waals surface area contributed by atoms with Crippen molar-refractivity contribution in [1.82, 2.24) is 24.6 Å². The lowest BCUT2D eigenvalue weighted by Gasteiger charge is -2.39. The molecule has 7 heteroatoms. The van der Waals surface area contributed by atoms with Gasteiger partial charge in [-0.05, 0) is 29.8 Å². The van der Waals surface area contributed by atoms with Crippen molar-refractivity contribution in [3.8, 4) is 11.3 Å². The molecule has 0 bridgehead atoms. The number of nitrogens with zero attached hydrogens (tertiary/aromatic N) is 4. The van der Waals surface area contributed by atoms with Gasteiger partial charge in [-0.2, -0.15) is 5.10 Å². The van der Waals surface area contributed by atoms with Crippen LogP contribution in [0.25, 0.3) is 22.2 Å². The van der Waals surface area contributed by atoms with Crippen LogP contribution in [0.5, 0.6) is 0 Å².